The Kier molecular flexibility index (Phi) is 2.76. The molecule has 0 radical (unpaired) electrons. The number of piperidine rings is 1. The van der Waals surface area contributed by atoms with Gasteiger partial charge in [-0.25, -0.2) is 4.99 Å². The molecule has 106 valence electrons. The second-order valence-corrected chi connectivity index (χ2v) is 6.51. The van der Waals surface area contributed by atoms with Crippen LogP contribution in [0.5, 0.6) is 0 Å². The molecule has 1 N–H and O–H groups in total. The predicted octanol–water partition coefficient (Wildman–Crippen LogP) is 2.83. The van der Waals surface area contributed by atoms with Crippen LogP contribution < -0.4 is 5.32 Å². The maximum Gasteiger partial charge on any atom is 0.145 e. The number of fused-ring (bicyclic) bond motifs is 2. The van der Waals surface area contributed by atoms with Crippen LogP contribution in [0.2, 0.25) is 0 Å². The topological polar surface area (TPSA) is 27.6 Å². The average Bonchev–Trinajstić information content (AvgIpc) is 3.17. The lowest BCUT2D eigenvalue weighted by atomic mass is 9.93. The second kappa shape index (κ2) is 4.51. The summed E-state index contributed by atoms with van der Waals surface area (Å²) >= 11 is 0. The molecule has 2 fully saturated rings. The molecule has 0 aromatic rings. The van der Waals surface area contributed by atoms with E-state index in [1.54, 1.807) is 0 Å². The van der Waals surface area contributed by atoms with Crippen molar-refractivity contribution in [3.05, 3.63) is 36.3 Å². The lowest BCUT2D eigenvalue weighted by molar-refractivity contribution is 0.266. The molecule has 4 rings (SSSR count). The summed E-state index contributed by atoms with van der Waals surface area (Å²) in [7, 11) is 0. The molecule has 20 heavy (non-hydrogen) atoms. The fourth-order valence-corrected chi connectivity index (χ4v) is 4.11. The number of allylic oxidation sites excluding steroid dienone is 2. The summed E-state index contributed by atoms with van der Waals surface area (Å²) in [5, 5.41) is 3.55. The van der Waals surface area contributed by atoms with Gasteiger partial charge in [0.15, 0.2) is 0 Å². The predicted molar refractivity (Wildman–Crippen MR) is 82.3 cm³/mol. The number of likely N-dealkylation sites (tertiary alicyclic amines) is 1. The molecular formula is C17H23N3. The molecule has 4 aliphatic rings. The largest absolute Gasteiger partial charge is 0.380 e. The van der Waals surface area contributed by atoms with Crippen molar-refractivity contribution >= 4 is 5.71 Å². The van der Waals surface area contributed by atoms with Crippen LogP contribution in [0.15, 0.2) is 41.3 Å². The first-order chi connectivity index (χ1) is 9.80. The van der Waals surface area contributed by atoms with Gasteiger partial charge in [-0.1, -0.05) is 19.6 Å². The van der Waals surface area contributed by atoms with Gasteiger partial charge >= 0.3 is 0 Å². The normalized spacial score (nSPS) is 38.0. The smallest absolute Gasteiger partial charge is 0.145 e. The number of hydrogen-bond donors (Lipinski definition) is 1. The highest BCUT2D eigenvalue weighted by molar-refractivity contribution is 6.02. The van der Waals surface area contributed by atoms with Gasteiger partial charge in [-0.3, -0.25) is 0 Å². The van der Waals surface area contributed by atoms with E-state index >= 15 is 0 Å². The molecular weight excluding hydrogens is 246 g/mol. The van der Waals surface area contributed by atoms with Crippen LogP contribution in [0.3, 0.4) is 0 Å². The molecule has 0 amide bonds. The van der Waals surface area contributed by atoms with Crippen molar-refractivity contribution in [3.63, 3.8) is 0 Å². The Balaban J connectivity index is 1.59. The third kappa shape index (κ3) is 1.83. The van der Waals surface area contributed by atoms with Gasteiger partial charge < -0.3 is 10.2 Å². The zero-order valence-electron chi connectivity index (χ0n) is 12.2. The minimum Gasteiger partial charge on any atom is -0.380 e. The summed E-state index contributed by atoms with van der Waals surface area (Å²) in [6.07, 6.45) is 11.2. The van der Waals surface area contributed by atoms with Gasteiger partial charge in [0.25, 0.3) is 0 Å². The average molecular weight is 269 g/mol. The van der Waals surface area contributed by atoms with Crippen LogP contribution in [0.25, 0.3) is 0 Å². The lowest BCUT2D eigenvalue weighted by Gasteiger charge is -2.34. The van der Waals surface area contributed by atoms with Gasteiger partial charge in [0.2, 0.25) is 0 Å². The van der Waals surface area contributed by atoms with Gasteiger partial charge in [-0.2, -0.15) is 0 Å². The molecule has 3 nitrogen and oxygen atoms in total. The molecule has 0 spiro atoms. The van der Waals surface area contributed by atoms with Crippen LogP contribution in [-0.2, 0) is 0 Å². The molecule has 1 saturated heterocycles. The summed E-state index contributed by atoms with van der Waals surface area (Å²) in [4.78, 5) is 7.49. The SMILES string of the molecule is C=CC1=CC2=NC(N3C[C@@H]4CC4[C@H]3CC)=CNC2CC1. The van der Waals surface area contributed by atoms with Gasteiger partial charge in [0.1, 0.15) is 5.82 Å². The van der Waals surface area contributed by atoms with Crippen molar-refractivity contribution in [2.24, 2.45) is 16.8 Å². The second-order valence-electron chi connectivity index (χ2n) is 6.51. The number of rotatable bonds is 3. The molecule has 3 heteroatoms. The Morgan fingerprint density at radius 3 is 3.25 bits per heavy atom. The summed E-state index contributed by atoms with van der Waals surface area (Å²) in [6.45, 7) is 7.40. The van der Waals surface area contributed by atoms with E-state index in [-0.39, 0.29) is 0 Å². The van der Waals surface area contributed by atoms with Crippen molar-refractivity contribution in [3.8, 4) is 0 Å². The number of hydrogen-bond acceptors (Lipinski definition) is 3. The standard InChI is InChI=1S/C17H23N3/c1-3-11-5-6-14-15(7-11)19-17(9-18-14)20-10-12-8-13(12)16(20)4-2/h3,7,9,12-14,16,18H,1,4-6,8,10H2,2H3/t12-,13?,14?,16+/m0/s1. The first kappa shape index (κ1) is 12.2. The van der Waals surface area contributed by atoms with E-state index in [0.29, 0.717) is 12.1 Å². The highest BCUT2D eigenvalue weighted by Crippen LogP contribution is 2.51. The fraction of sp³-hybridized carbons (Fsp3) is 0.588. The quantitative estimate of drug-likeness (QED) is 0.853. The van der Waals surface area contributed by atoms with E-state index in [0.717, 1.165) is 30.5 Å². The van der Waals surface area contributed by atoms with Crippen LogP contribution in [0.4, 0.5) is 0 Å². The number of aliphatic imine (C=N–C) groups is 1. The molecule has 2 aliphatic heterocycles. The monoisotopic (exact) mass is 269 g/mol. The first-order valence-electron chi connectivity index (χ1n) is 7.94. The van der Waals surface area contributed by atoms with Gasteiger partial charge in [-0.05, 0) is 49.2 Å². The molecule has 0 aromatic heterocycles. The van der Waals surface area contributed by atoms with E-state index in [2.05, 4.69) is 36.0 Å². The summed E-state index contributed by atoms with van der Waals surface area (Å²) in [6, 6.07) is 1.11. The Labute approximate surface area is 121 Å². The molecule has 0 aromatic carbocycles. The number of nitrogens with one attached hydrogen (secondary N) is 1. The minimum atomic E-state index is 0.402. The Bertz CT molecular complexity index is 528. The van der Waals surface area contributed by atoms with Crippen molar-refractivity contribution in [2.45, 2.75) is 44.7 Å². The van der Waals surface area contributed by atoms with E-state index in [1.165, 1.54) is 30.7 Å². The summed E-state index contributed by atoms with van der Waals surface area (Å²) in [5.41, 5.74) is 2.51. The molecule has 2 aliphatic carbocycles. The zero-order chi connectivity index (χ0) is 13.7. The molecule has 4 atom stereocenters. The summed E-state index contributed by atoms with van der Waals surface area (Å²) in [5.74, 6) is 3.02. The van der Waals surface area contributed by atoms with E-state index < -0.39 is 0 Å². The minimum absolute atomic E-state index is 0.402. The van der Waals surface area contributed by atoms with E-state index in [1.807, 2.05) is 6.08 Å². The van der Waals surface area contributed by atoms with Crippen LogP contribution >= 0.6 is 0 Å². The third-order valence-electron chi connectivity index (χ3n) is 5.35. The Morgan fingerprint density at radius 1 is 1.55 bits per heavy atom. The zero-order valence-corrected chi connectivity index (χ0v) is 12.2. The number of nitrogens with zero attached hydrogens (tertiary/aromatic N) is 2. The Hall–Kier alpha value is -1.51. The van der Waals surface area contributed by atoms with E-state index in [4.69, 9.17) is 4.99 Å². The fourth-order valence-electron chi connectivity index (χ4n) is 4.11. The van der Waals surface area contributed by atoms with Gasteiger partial charge in [0.05, 0.1) is 11.8 Å². The van der Waals surface area contributed by atoms with Crippen LogP contribution in [0, 0.1) is 11.8 Å². The van der Waals surface area contributed by atoms with Gasteiger partial charge in [-0.15, -0.1) is 0 Å². The van der Waals surface area contributed by atoms with Gasteiger partial charge in [0, 0.05) is 18.8 Å². The van der Waals surface area contributed by atoms with E-state index in [9.17, 15) is 0 Å². The lowest BCUT2D eigenvalue weighted by Crippen LogP contribution is -2.41. The van der Waals surface area contributed by atoms with Crippen molar-refractivity contribution in [1.29, 1.82) is 0 Å². The maximum absolute atomic E-state index is 4.95. The molecule has 2 heterocycles. The molecule has 0 bridgehead atoms. The molecule has 2 unspecified atom stereocenters. The van der Waals surface area contributed by atoms with Crippen LogP contribution in [-0.4, -0.2) is 29.2 Å². The van der Waals surface area contributed by atoms with Crippen molar-refractivity contribution in [2.75, 3.05) is 6.54 Å². The third-order valence-corrected chi connectivity index (χ3v) is 5.35. The first-order valence-corrected chi connectivity index (χ1v) is 7.94. The highest BCUT2D eigenvalue weighted by Gasteiger charge is 2.52. The maximum atomic E-state index is 4.95. The Morgan fingerprint density at radius 2 is 2.45 bits per heavy atom. The van der Waals surface area contributed by atoms with Crippen molar-refractivity contribution in [1.82, 2.24) is 10.2 Å². The van der Waals surface area contributed by atoms with Crippen LogP contribution in [0.1, 0.15) is 32.6 Å². The van der Waals surface area contributed by atoms with Crippen molar-refractivity contribution < 1.29 is 0 Å². The summed E-state index contributed by atoms with van der Waals surface area (Å²) < 4.78 is 0. The molecule has 1 saturated carbocycles. The highest BCUT2D eigenvalue weighted by atomic mass is 15.3.